The van der Waals surface area contributed by atoms with Crippen molar-refractivity contribution in [2.45, 2.75) is 76.3 Å². The quantitative estimate of drug-likeness (QED) is 0.887. The largest absolute Gasteiger partial charge is 0.303 e. The van der Waals surface area contributed by atoms with Crippen LogP contribution in [0.25, 0.3) is 0 Å². The zero-order valence-corrected chi connectivity index (χ0v) is 12.2. The summed E-state index contributed by atoms with van der Waals surface area (Å²) in [5.41, 5.74) is 1.40. The molecule has 2 aliphatic carbocycles. The first-order valence-electron chi connectivity index (χ1n) is 7.49. The molecule has 0 aromatic carbocycles. The number of nitrogens with zero attached hydrogens (tertiary/aromatic N) is 1. The molecule has 3 rings (SSSR count). The van der Waals surface area contributed by atoms with Crippen LogP contribution in [0.2, 0.25) is 0 Å². The van der Waals surface area contributed by atoms with Gasteiger partial charge in [-0.2, -0.15) is 0 Å². The van der Waals surface area contributed by atoms with E-state index in [1.54, 1.807) is 0 Å². The molecule has 2 nitrogen and oxygen atoms in total. The summed E-state index contributed by atoms with van der Waals surface area (Å²) in [6.45, 7) is 2.12. The minimum absolute atomic E-state index is 0.209. The predicted molar refractivity (Wildman–Crippen MR) is 77.0 cm³/mol. The van der Waals surface area contributed by atoms with Crippen molar-refractivity contribution < 1.29 is 0 Å². The molecule has 0 spiro atoms. The number of hydrogen-bond donors (Lipinski definition) is 1. The Hall–Kier alpha value is -0.410. The number of thiazole rings is 1. The van der Waals surface area contributed by atoms with Crippen LogP contribution in [0.15, 0.2) is 5.38 Å². The molecule has 0 amide bonds. The molecular formula is C15H24N2S. The van der Waals surface area contributed by atoms with Crippen molar-refractivity contribution in [2.75, 3.05) is 0 Å². The Bertz CT molecular complexity index is 387. The molecule has 0 unspecified atom stereocenters. The standard InChI is InChI=1S/C15H24N2S/c1-12-11-18-14(16-12)15(17-13-7-8-13)9-5-3-2-4-6-10-15/h11,13,17H,2-10H2,1H3. The number of nitrogens with one attached hydrogen (secondary N) is 1. The molecule has 1 aromatic heterocycles. The lowest BCUT2D eigenvalue weighted by Crippen LogP contribution is -2.44. The summed E-state index contributed by atoms with van der Waals surface area (Å²) in [5, 5.41) is 7.52. The van der Waals surface area contributed by atoms with E-state index in [0.717, 1.165) is 6.04 Å². The summed E-state index contributed by atoms with van der Waals surface area (Å²) in [4.78, 5) is 4.82. The molecule has 2 aliphatic rings. The normalized spacial score (nSPS) is 24.5. The van der Waals surface area contributed by atoms with Gasteiger partial charge in [0.1, 0.15) is 5.01 Å². The molecule has 1 aromatic rings. The smallest absolute Gasteiger partial charge is 0.113 e. The Labute approximate surface area is 114 Å². The fraction of sp³-hybridized carbons (Fsp3) is 0.800. The van der Waals surface area contributed by atoms with Crippen LogP contribution in [0.1, 0.15) is 68.5 Å². The van der Waals surface area contributed by atoms with Crippen LogP contribution in [-0.2, 0) is 5.54 Å². The van der Waals surface area contributed by atoms with E-state index < -0.39 is 0 Å². The van der Waals surface area contributed by atoms with Crippen molar-refractivity contribution in [1.29, 1.82) is 0 Å². The van der Waals surface area contributed by atoms with Crippen molar-refractivity contribution in [3.63, 3.8) is 0 Å². The second kappa shape index (κ2) is 5.30. The highest BCUT2D eigenvalue weighted by molar-refractivity contribution is 7.09. The number of hydrogen-bond acceptors (Lipinski definition) is 3. The van der Waals surface area contributed by atoms with Crippen molar-refractivity contribution >= 4 is 11.3 Å². The van der Waals surface area contributed by atoms with Gasteiger partial charge in [-0.15, -0.1) is 11.3 Å². The third-order valence-electron chi connectivity index (χ3n) is 4.29. The number of aromatic nitrogens is 1. The number of aryl methyl sites for hydroxylation is 1. The average Bonchev–Trinajstić information content (AvgIpc) is 3.02. The van der Waals surface area contributed by atoms with Crippen LogP contribution in [0.3, 0.4) is 0 Å². The van der Waals surface area contributed by atoms with Crippen LogP contribution in [0.4, 0.5) is 0 Å². The minimum Gasteiger partial charge on any atom is -0.303 e. The van der Waals surface area contributed by atoms with E-state index in [2.05, 4.69) is 17.6 Å². The lowest BCUT2D eigenvalue weighted by atomic mass is 9.84. The Balaban J connectivity index is 1.84. The van der Waals surface area contributed by atoms with Gasteiger partial charge in [0, 0.05) is 17.1 Å². The highest BCUT2D eigenvalue weighted by Gasteiger charge is 2.39. The van der Waals surface area contributed by atoms with Gasteiger partial charge in [0.05, 0.1) is 5.54 Å². The van der Waals surface area contributed by atoms with Gasteiger partial charge >= 0.3 is 0 Å². The molecule has 0 saturated heterocycles. The predicted octanol–water partition coefficient (Wildman–Crippen LogP) is 4.14. The Morgan fingerprint density at radius 1 is 1.17 bits per heavy atom. The van der Waals surface area contributed by atoms with Gasteiger partial charge in [-0.3, -0.25) is 0 Å². The third-order valence-corrected chi connectivity index (χ3v) is 5.46. The van der Waals surface area contributed by atoms with E-state index in [1.165, 1.54) is 68.5 Å². The summed E-state index contributed by atoms with van der Waals surface area (Å²) in [6, 6.07) is 0.772. The van der Waals surface area contributed by atoms with E-state index in [1.807, 2.05) is 11.3 Å². The van der Waals surface area contributed by atoms with Gasteiger partial charge in [0.25, 0.3) is 0 Å². The van der Waals surface area contributed by atoms with Crippen molar-refractivity contribution in [2.24, 2.45) is 0 Å². The van der Waals surface area contributed by atoms with Crippen LogP contribution in [0.5, 0.6) is 0 Å². The van der Waals surface area contributed by atoms with Gasteiger partial charge in [-0.1, -0.05) is 32.1 Å². The molecule has 0 radical (unpaired) electrons. The van der Waals surface area contributed by atoms with E-state index in [0.29, 0.717) is 0 Å². The Morgan fingerprint density at radius 3 is 2.39 bits per heavy atom. The molecule has 2 saturated carbocycles. The molecular weight excluding hydrogens is 240 g/mol. The first-order chi connectivity index (χ1) is 8.78. The Kier molecular flexibility index (Phi) is 3.71. The van der Waals surface area contributed by atoms with Gasteiger partial charge in [-0.05, 0) is 32.6 Å². The van der Waals surface area contributed by atoms with E-state index >= 15 is 0 Å². The lowest BCUT2D eigenvalue weighted by molar-refractivity contribution is 0.248. The molecule has 18 heavy (non-hydrogen) atoms. The summed E-state index contributed by atoms with van der Waals surface area (Å²) < 4.78 is 0. The second-order valence-corrected chi connectivity index (χ2v) is 6.92. The average molecular weight is 264 g/mol. The van der Waals surface area contributed by atoms with Crippen molar-refractivity contribution in [1.82, 2.24) is 10.3 Å². The fourth-order valence-corrected chi connectivity index (χ4v) is 4.14. The first-order valence-corrected chi connectivity index (χ1v) is 8.37. The molecule has 100 valence electrons. The summed E-state index contributed by atoms with van der Waals surface area (Å²) in [5.74, 6) is 0. The van der Waals surface area contributed by atoms with E-state index in [-0.39, 0.29) is 5.54 Å². The third kappa shape index (κ3) is 2.77. The SMILES string of the molecule is Cc1csc(C2(NC3CC3)CCCCCCC2)n1. The van der Waals surface area contributed by atoms with Crippen LogP contribution in [-0.4, -0.2) is 11.0 Å². The molecule has 1 heterocycles. The Morgan fingerprint density at radius 2 is 1.83 bits per heavy atom. The molecule has 0 aliphatic heterocycles. The van der Waals surface area contributed by atoms with Gasteiger partial charge < -0.3 is 5.32 Å². The highest BCUT2D eigenvalue weighted by atomic mass is 32.1. The maximum atomic E-state index is 4.82. The zero-order chi connectivity index (χ0) is 12.4. The molecule has 1 N–H and O–H groups in total. The van der Waals surface area contributed by atoms with Crippen molar-refractivity contribution in [3.05, 3.63) is 16.1 Å². The maximum absolute atomic E-state index is 4.82. The van der Waals surface area contributed by atoms with Crippen molar-refractivity contribution in [3.8, 4) is 0 Å². The van der Waals surface area contributed by atoms with Crippen LogP contribution in [0, 0.1) is 6.92 Å². The lowest BCUT2D eigenvalue weighted by Gasteiger charge is -2.35. The fourth-order valence-electron chi connectivity index (χ4n) is 3.12. The van der Waals surface area contributed by atoms with Gasteiger partial charge in [0.15, 0.2) is 0 Å². The van der Waals surface area contributed by atoms with E-state index in [4.69, 9.17) is 4.98 Å². The summed E-state index contributed by atoms with van der Waals surface area (Å²) >= 11 is 1.87. The molecule has 0 bridgehead atoms. The molecule has 0 atom stereocenters. The minimum atomic E-state index is 0.209. The molecule has 2 fully saturated rings. The maximum Gasteiger partial charge on any atom is 0.113 e. The van der Waals surface area contributed by atoms with Crippen LogP contribution < -0.4 is 5.32 Å². The summed E-state index contributed by atoms with van der Waals surface area (Å²) in [6.07, 6.45) is 12.3. The topological polar surface area (TPSA) is 24.9 Å². The first kappa shape index (κ1) is 12.6. The monoisotopic (exact) mass is 264 g/mol. The number of rotatable bonds is 3. The second-order valence-electron chi connectivity index (χ2n) is 6.06. The van der Waals surface area contributed by atoms with Gasteiger partial charge in [0.2, 0.25) is 0 Å². The van der Waals surface area contributed by atoms with Gasteiger partial charge in [-0.25, -0.2) is 4.98 Å². The zero-order valence-electron chi connectivity index (χ0n) is 11.4. The van der Waals surface area contributed by atoms with Crippen LogP contribution >= 0.6 is 11.3 Å². The highest BCUT2D eigenvalue weighted by Crippen LogP contribution is 2.39. The van der Waals surface area contributed by atoms with E-state index in [9.17, 15) is 0 Å². The molecule has 3 heteroatoms. The summed E-state index contributed by atoms with van der Waals surface area (Å²) in [7, 11) is 0.